The van der Waals surface area contributed by atoms with E-state index in [4.69, 9.17) is 39.5 Å². The molecule has 0 bridgehead atoms. The largest absolute Gasteiger partial charge is 0.484 e. The molecule has 2 amide bonds. The lowest BCUT2D eigenvalue weighted by Gasteiger charge is -2.31. The summed E-state index contributed by atoms with van der Waals surface area (Å²) in [7, 11) is 0. The SMILES string of the molecule is CCCNC(=O)C(Cc1ccccc1)N(Cc1ccc(Cl)c(Cl)c1)C(=O)COc1ccc(Cl)c(C)c1. The van der Waals surface area contributed by atoms with Crippen molar-refractivity contribution in [3.05, 3.63) is 98.5 Å². The van der Waals surface area contributed by atoms with E-state index in [1.54, 1.807) is 41.3 Å². The Labute approximate surface area is 227 Å². The molecule has 0 saturated carbocycles. The smallest absolute Gasteiger partial charge is 0.261 e. The number of ether oxygens (including phenoxy) is 1. The summed E-state index contributed by atoms with van der Waals surface area (Å²) in [6.07, 6.45) is 1.13. The van der Waals surface area contributed by atoms with E-state index < -0.39 is 6.04 Å². The molecular weight excluding hydrogens is 519 g/mol. The van der Waals surface area contributed by atoms with Crippen LogP contribution in [0.5, 0.6) is 5.75 Å². The summed E-state index contributed by atoms with van der Waals surface area (Å²) < 4.78 is 5.80. The summed E-state index contributed by atoms with van der Waals surface area (Å²) in [4.78, 5) is 28.4. The number of nitrogens with zero attached hydrogens (tertiary/aromatic N) is 1. The summed E-state index contributed by atoms with van der Waals surface area (Å²) in [5.41, 5.74) is 2.53. The van der Waals surface area contributed by atoms with Gasteiger partial charge < -0.3 is 15.0 Å². The van der Waals surface area contributed by atoms with Crippen LogP contribution in [0.25, 0.3) is 0 Å². The Balaban J connectivity index is 1.91. The minimum Gasteiger partial charge on any atom is -0.484 e. The first-order valence-corrected chi connectivity index (χ1v) is 12.9. The molecular formula is C28H29Cl3N2O3. The predicted octanol–water partition coefficient (Wildman–Crippen LogP) is 6.50. The normalized spacial score (nSPS) is 11.6. The van der Waals surface area contributed by atoms with E-state index in [1.165, 1.54) is 0 Å². The fourth-order valence-electron chi connectivity index (χ4n) is 3.69. The Morgan fingerprint density at radius 2 is 1.64 bits per heavy atom. The highest BCUT2D eigenvalue weighted by molar-refractivity contribution is 6.42. The van der Waals surface area contributed by atoms with Crippen LogP contribution in [0.3, 0.4) is 0 Å². The Kier molecular flexibility index (Phi) is 10.5. The van der Waals surface area contributed by atoms with E-state index in [1.807, 2.05) is 44.2 Å². The molecule has 1 N–H and O–H groups in total. The van der Waals surface area contributed by atoms with Gasteiger partial charge in [-0.2, -0.15) is 0 Å². The lowest BCUT2D eigenvalue weighted by atomic mass is 10.0. The molecule has 0 spiro atoms. The van der Waals surface area contributed by atoms with E-state index in [0.717, 1.165) is 23.1 Å². The highest BCUT2D eigenvalue weighted by Gasteiger charge is 2.30. The van der Waals surface area contributed by atoms with Crippen molar-refractivity contribution in [3.63, 3.8) is 0 Å². The fraction of sp³-hybridized carbons (Fsp3) is 0.286. The van der Waals surface area contributed by atoms with Gasteiger partial charge in [-0.3, -0.25) is 9.59 Å². The number of aryl methyl sites for hydroxylation is 1. The van der Waals surface area contributed by atoms with Crippen molar-refractivity contribution in [1.29, 1.82) is 0 Å². The highest BCUT2D eigenvalue weighted by atomic mass is 35.5. The Hall–Kier alpha value is -2.73. The second-order valence-corrected chi connectivity index (χ2v) is 9.69. The fourth-order valence-corrected chi connectivity index (χ4v) is 4.13. The molecule has 0 heterocycles. The van der Waals surface area contributed by atoms with Crippen LogP contribution in [0, 0.1) is 6.92 Å². The van der Waals surface area contributed by atoms with Crippen molar-refractivity contribution in [3.8, 4) is 5.75 Å². The van der Waals surface area contributed by atoms with Gasteiger partial charge >= 0.3 is 0 Å². The number of halogens is 3. The first kappa shape index (κ1) is 27.9. The van der Waals surface area contributed by atoms with Gasteiger partial charge in [0.05, 0.1) is 10.0 Å². The van der Waals surface area contributed by atoms with E-state index >= 15 is 0 Å². The van der Waals surface area contributed by atoms with Gasteiger partial charge in [-0.25, -0.2) is 0 Å². The van der Waals surface area contributed by atoms with Crippen LogP contribution in [-0.2, 0) is 22.6 Å². The van der Waals surface area contributed by atoms with Crippen LogP contribution in [-0.4, -0.2) is 35.9 Å². The van der Waals surface area contributed by atoms with Crippen molar-refractivity contribution in [2.75, 3.05) is 13.2 Å². The second kappa shape index (κ2) is 13.5. The number of amides is 2. The zero-order valence-electron chi connectivity index (χ0n) is 20.3. The zero-order chi connectivity index (χ0) is 26.1. The van der Waals surface area contributed by atoms with Gasteiger partial charge in [0.15, 0.2) is 6.61 Å². The average molecular weight is 548 g/mol. The van der Waals surface area contributed by atoms with Crippen LogP contribution in [0.2, 0.25) is 15.1 Å². The zero-order valence-corrected chi connectivity index (χ0v) is 22.5. The van der Waals surface area contributed by atoms with E-state index in [2.05, 4.69) is 5.32 Å². The molecule has 8 heteroatoms. The van der Waals surface area contributed by atoms with Gasteiger partial charge in [0.25, 0.3) is 5.91 Å². The molecule has 0 aromatic heterocycles. The molecule has 3 aromatic carbocycles. The lowest BCUT2D eigenvalue weighted by Crippen LogP contribution is -2.51. The molecule has 0 radical (unpaired) electrons. The molecule has 0 aliphatic heterocycles. The number of hydrogen-bond donors (Lipinski definition) is 1. The Morgan fingerprint density at radius 1 is 0.917 bits per heavy atom. The summed E-state index contributed by atoms with van der Waals surface area (Å²) >= 11 is 18.4. The van der Waals surface area contributed by atoms with Crippen molar-refractivity contribution >= 4 is 46.6 Å². The summed E-state index contributed by atoms with van der Waals surface area (Å²) in [6, 6.07) is 19.2. The molecule has 36 heavy (non-hydrogen) atoms. The first-order valence-electron chi connectivity index (χ1n) is 11.7. The molecule has 190 valence electrons. The van der Waals surface area contributed by atoms with Crippen LogP contribution >= 0.6 is 34.8 Å². The summed E-state index contributed by atoms with van der Waals surface area (Å²) in [5, 5.41) is 4.36. The molecule has 5 nitrogen and oxygen atoms in total. The molecule has 0 fully saturated rings. The molecule has 1 atom stereocenters. The molecule has 0 saturated heterocycles. The topological polar surface area (TPSA) is 58.6 Å². The van der Waals surface area contributed by atoms with Crippen LogP contribution < -0.4 is 10.1 Å². The predicted molar refractivity (Wildman–Crippen MR) is 146 cm³/mol. The molecule has 0 aliphatic rings. The third-order valence-corrected chi connectivity index (χ3v) is 6.81. The average Bonchev–Trinajstić information content (AvgIpc) is 2.87. The first-order chi connectivity index (χ1) is 17.3. The standard InChI is InChI=1S/C28H29Cl3N2O3/c1-3-13-32-28(35)26(16-20-7-5-4-6-8-20)33(17-21-9-11-24(30)25(31)15-21)27(34)18-36-22-10-12-23(29)19(2)14-22/h4-12,14-15,26H,3,13,16-18H2,1-2H3,(H,32,35). The van der Waals surface area contributed by atoms with Crippen LogP contribution in [0.15, 0.2) is 66.7 Å². The molecule has 1 unspecified atom stereocenters. The molecule has 3 aromatic rings. The quantitative estimate of drug-likeness (QED) is 0.298. The van der Waals surface area contributed by atoms with E-state index in [9.17, 15) is 9.59 Å². The maximum absolute atomic E-state index is 13.6. The number of carbonyl (C=O) groups excluding carboxylic acids is 2. The van der Waals surface area contributed by atoms with Crippen LogP contribution in [0.1, 0.15) is 30.0 Å². The van der Waals surface area contributed by atoms with Gasteiger partial charge in [0.2, 0.25) is 5.91 Å². The third-order valence-electron chi connectivity index (χ3n) is 5.65. The van der Waals surface area contributed by atoms with Crippen molar-refractivity contribution in [2.24, 2.45) is 0 Å². The van der Waals surface area contributed by atoms with Gasteiger partial charge in [0.1, 0.15) is 11.8 Å². The van der Waals surface area contributed by atoms with Gasteiger partial charge in [0, 0.05) is 24.5 Å². The van der Waals surface area contributed by atoms with E-state index in [-0.39, 0.29) is 25.0 Å². The molecule has 0 aliphatic carbocycles. The van der Waals surface area contributed by atoms with Crippen molar-refractivity contribution in [1.82, 2.24) is 10.2 Å². The number of nitrogens with one attached hydrogen (secondary N) is 1. The van der Waals surface area contributed by atoms with Crippen LogP contribution in [0.4, 0.5) is 0 Å². The number of rotatable bonds is 11. The van der Waals surface area contributed by atoms with E-state index in [0.29, 0.717) is 33.8 Å². The lowest BCUT2D eigenvalue weighted by molar-refractivity contribution is -0.142. The minimum absolute atomic E-state index is 0.162. The minimum atomic E-state index is -0.753. The van der Waals surface area contributed by atoms with Crippen molar-refractivity contribution in [2.45, 2.75) is 39.3 Å². The van der Waals surface area contributed by atoms with Crippen molar-refractivity contribution < 1.29 is 14.3 Å². The second-order valence-electron chi connectivity index (χ2n) is 8.47. The van der Waals surface area contributed by atoms with Gasteiger partial charge in [-0.1, -0.05) is 78.1 Å². The number of carbonyl (C=O) groups is 2. The number of hydrogen-bond acceptors (Lipinski definition) is 3. The van der Waals surface area contributed by atoms with Gasteiger partial charge in [-0.05, 0) is 60.4 Å². The maximum Gasteiger partial charge on any atom is 0.261 e. The maximum atomic E-state index is 13.6. The highest BCUT2D eigenvalue weighted by Crippen LogP contribution is 2.25. The Bertz CT molecular complexity index is 1190. The Morgan fingerprint density at radius 3 is 2.31 bits per heavy atom. The summed E-state index contributed by atoms with van der Waals surface area (Å²) in [6.45, 7) is 4.28. The molecule has 3 rings (SSSR count). The monoisotopic (exact) mass is 546 g/mol. The summed E-state index contributed by atoms with van der Waals surface area (Å²) in [5.74, 6) is -0.0347. The number of benzene rings is 3. The van der Waals surface area contributed by atoms with Gasteiger partial charge in [-0.15, -0.1) is 0 Å². The third kappa shape index (κ3) is 7.89.